The summed E-state index contributed by atoms with van der Waals surface area (Å²) in [4.78, 5) is 32.3. The van der Waals surface area contributed by atoms with Gasteiger partial charge in [0.25, 0.3) is 5.56 Å². The normalized spacial score (nSPS) is 10.9. The fourth-order valence-corrected chi connectivity index (χ4v) is 4.29. The summed E-state index contributed by atoms with van der Waals surface area (Å²) in [6.07, 6.45) is 0. The van der Waals surface area contributed by atoms with Crippen molar-refractivity contribution >= 4 is 45.9 Å². The second-order valence-electron chi connectivity index (χ2n) is 7.01. The number of thioether (sulfide) groups is 1. The van der Waals surface area contributed by atoms with Gasteiger partial charge in [0, 0.05) is 17.8 Å². The molecule has 1 aromatic heterocycles. The quantitative estimate of drug-likeness (QED) is 0.312. The van der Waals surface area contributed by atoms with E-state index in [1.807, 2.05) is 60.7 Å². The van der Waals surface area contributed by atoms with Crippen molar-refractivity contribution in [2.75, 3.05) is 17.7 Å². The van der Waals surface area contributed by atoms with Crippen molar-refractivity contribution in [1.82, 2.24) is 9.55 Å². The average Bonchev–Trinajstić information content (AvgIpc) is 2.80. The maximum absolute atomic E-state index is 13.2. The van der Waals surface area contributed by atoms with Crippen LogP contribution in [-0.4, -0.2) is 28.3 Å². The molecule has 0 N–H and O–H groups in total. The minimum Gasteiger partial charge on any atom is -0.315 e. The molecule has 3 aromatic carbocycles. The van der Waals surface area contributed by atoms with E-state index in [4.69, 9.17) is 11.6 Å². The molecule has 0 saturated heterocycles. The SMILES string of the molecule is CN(C(=O)CSc1nc2cc(Cl)ccc2c(=O)n1Cc1ccccc1)c1ccccc1. The highest BCUT2D eigenvalue weighted by Gasteiger charge is 2.16. The highest BCUT2D eigenvalue weighted by molar-refractivity contribution is 7.99. The van der Waals surface area contributed by atoms with Crippen molar-refractivity contribution < 1.29 is 4.79 Å². The molecule has 0 fully saturated rings. The number of amides is 1. The Morgan fingerprint density at radius 3 is 2.42 bits per heavy atom. The van der Waals surface area contributed by atoms with E-state index >= 15 is 0 Å². The molecule has 0 saturated carbocycles. The van der Waals surface area contributed by atoms with Crippen LogP contribution >= 0.6 is 23.4 Å². The van der Waals surface area contributed by atoms with Crippen LogP contribution in [0.25, 0.3) is 10.9 Å². The van der Waals surface area contributed by atoms with Crippen molar-refractivity contribution in [1.29, 1.82) is 0 Å². The molecule has 156 valence electrons. The molecule has 31 heavy (non-hydrogen) atoms. The van der Waals surface area contributed by atoms with Gasteiger partial charge in [-0.2, -0.15) is 0 Å². The minimum absolute atomic E-state index is 0.0806. The minimum atomic E-state index is -0.156. The fraction of sp³-hybridized carbons (Fsp3) is 0.125. The summed E-state index contributed by atoms with van der Waals surface area (Å²) >= 11 is 7.36. The van der Waals surface area contributed by atoms with E-state index in [-0.39, 0.29) is 17.2 Å². The first-order chi connectivity index (χ1) is 15.0. The van der Waals surface area contributed by atoms with Crippen molar-refractivity contribution in [2.24, 2.45) is 0 Å². The molecule has 4 aromatic rings. The molecule has 0 atom stereocenters. The number of nitrogens with zero attached hydrogens (tertiary/aromatic N) is 3. The third-order valence-electron chi connectivity index (χ3n) is 4.91. The van der Waals surface area contributed by atoms with Gasteiger partial charge in [0.05, 0.1) is 23.2 Å². The number of rotatable bonds is 6. The summed E-state index contributed by atoms with van der Waals surface area (Å²) < 4.78 is 1.62. The van der Waals surface area contributed by atoms with Crippen molar-refractivity contribution in [3.05, 3.63) is 99.8 Å². The summed E-state index contributed by atoms with van der Waals surface area (Å²) in [7, 11) is 1.74. The molecule has 0 aliphatic carbocycles. The maximum Gasteiger partial charge on any atom is 0.262 e. The molecule has 0 spiro atoms. The third kappa shape index (κ3) is 4.81. The Morgan fingerprint density at radius 2 is 1.71 bits per heavy atom. The van der Waals surface area contributed by atoms with Gasteiger partial charge in [-0.15, -0.1) is 0 Å². The van der Waals surface area contributed by atoms with E-state index < -0.39 is 0 Å². The number of halogens is 1. The van der Waals surface area contributed by atoms with Crippen LogP contribution in [0, 0.1) is 0 Å². The molecule has 4 rings (SSSR count). The number of fused-ring (bicyclic) bond motifs is 1. The fourth-order valence-electron chi connectivity index (χ4n) is 3.21. The van der Waals surface area contributed by atoms with Crippen molar-refractivity contribution in [2.45, 2.75) is 11.7 Å². The smallest absolute Gasteiger partial charge is 0.262 e. The van der Waals surface area contributed by atoms with Crippen LogP contribution in [0.15, 0.2) is 88.8 Å². The Kier molecular flexibility index (Phi) is 6.39. The molecule has 1 amide bonds. The molecule has 0 aliphatic heterocycles. The zero-order valence-corrected chi connectivity index (χ0v) is 18.4. The van der Waals surface area contributed by atoms with Gasteiger partial charge in [-0.1, -0.05) is 71.9 Å². The zero-order chi connectivity index (χ0) is 21.8. The van der Waals surface area contributed by atoms with E-state index in [9.17, 15) is 9.59 Å². The Hall–Kier alpha value is -3.09. The van der Waals surface area contributed by atoms with E-state index in [1.54, 1.807) is 34.7 Å². The summed E-state index contributed by atoms with van der Waals surface area (Å²) in [6, 6.07) is 24.2. The van der Waals surface area contributed by atoms with Crippen LogP contribution in [-0.2, 0) is 11.3 Å². The number of para-hydroxylation sites is 1. The molecule has 1 heterocycles. The largest absolute Gasteiger partial charge is 0.315 e. The van der Waals surface area contributed by atoms with Crippen LogP contribution in [0.2, 0.25) is 5.02 Å². The van der Waals surface area contributed by atoms with Gasteiger partial charge in [-0.3, -0.25) is 14.2 Å². The molecule has 0 bridgehead atoms. The lowest BCUT2D eigenvalue weighted by Crippen LogP contribution is -2.29. The predicted molar refractivity (Wildman–Crippen MR) is 127 cm³/mol. The molecule has 7 heteroatoms. The molecule has 0 radical (unpaired) electrons. The topological polar surface area (TPSA) is 55.2 Å². The number of aromatic nitrogens is 2. The zero-order valence-electron chi connectivity index (χ0n) is 16.9. The molecular weight excluding hydrogens is 430 g/mol. The van der Waals surface area contributed by atoms with Gasteiger partial charge in [-0.25, -0.2) is 4.98 Å². The Labute approximate surface area is 189 Å². The number of carbonyl (C=O) groups is 1. The first-order valence-electron chi connectivity index (χ1n) is 9.71. The third-order valence-corrected chi connectivity index (χ3v) is 6.10. The van der Waals surface area contributed by atoms with Crippen LogP contribution in [0.5, 0.6) is 0 Å². The van der Waals surface area contributed by atoms with Gasteiger partial charge in [0.2, 0.25) is 5.91 Å². The highest BCUT2D eigenvalue weighted by Crippen LogP contribution is 2.22. The van der Waals surface area contributed by atoms with E-state index in [1.165, 1.54) is 11.8 Å². The number of anilines is 1. The second-order valence-corrected chi connectivity index (χ2v) is 8.39. The van der Waals surface area contributed by atoms with Gasteiger partial charge in [0.15, 0.2) is 5.16 Å². The lowest BCUT2D eigenvalue weighted by molar-refractivity contribution is -0.115. The summed E-state index contributed by atoms with van der Waals surface area (Å²) in [6.45, 7) is 0.371. The second kappa shape index (κ2) is 9.37. The van der Waals surface area contributed by atoms with E-state index in [0.717, 1.165) is 11.3 Å². The maximum atomic E-state index is 13.2. The van der Waals surface area contributed by atoms with E-state index in [2.05, 4.69) is 4.98 Å². The van der Waals surface area contributed by atoms with Crippen LogP contribution in [0.3, 0.4) is 0 Å². The Bertz CT molecular complexity index is 1280. The van der Waals surface area contributed by atoms with Gasteiger partial charge < -0.3 is 4.90 Å². The number of benzene rings is 3. The number of hydrogen-bond donors (Lipinski definition) is 0. The average molecular weight is 450 g/mol. The van der Waals surface area contributed by atoms with Crippen molar-refractivity contribution in [3.8, 4) is 0 Å². The van der Waals surface area contributed by atoms with Crippen LogP contribution in [0.1, 0.15) is 5.56 Å². The molecule has 5 nitrogen and oxygen atoms in total. The first kappa shape index (κ1) is 21.2. The predicted octanol–water partition coefficient (Wildman–Crippen LogP) is 4.85. The molecule has 0 unspecified atom stereocenters. The monoisotopic (exact) mass is 449 g/mol. The standard InChI is InChI=1S/C24H20ClN3O2S/c1-27(19-10-6-3-7-11-19)22(29)16-31-24-26-21-14-18(25)12-13-20(21)23(30)28(24)15-17-8-4-2-5-9-17/h2-14H,15-16H2,1H3. The molecule has 0 aliphatic rings. The van der Waals surface area contributed by atoms with Crippen LogP contribution in [0.4, 0.5) is 5.69 Å². The van der Waals surface area contributed by atoms with Crippen molar-refractivity contribution in [3.63, 3.8) is 0 Å². The lowest BCUT2D eigenvalue weighted by Gasteiger charge is -2.18. The van der Waals surface area contributed by atoms with Gasteiger partial charge >= 0.3 is 0 Å². The summed E-state index contributed by atoms with van der Waals surface area (Å²) in [5, 5.41) is 1.49. The number of hydrogen-bond acceptors (Lipinski definition) is 4. The lowest BCUT2D eigenvalue weighted by atomic mass is 10.2. The highest BCUT2D eigenvalue weighted by atomic mass is 35.5. The van der Waals surface area contributed by atoms with Gasteiger partial charge in [-0.05, 0) is 35.9 Å². The van der Waals surface area contributed by atoms with Crippen LogP contribution < -0.4 is 10.5 Å². The Morgan fingerprint density at radius 1 is 1.03 bits per heavy atom. The Balaban J connectivity index is 1.67. The summed E-state index contributed by atoms with van der Waals surface area (Å²) in [5.41, 5.74) is 2.16. The summed E-state index contributed by atoms with van der Waals surface area (Å²) in [5.74, 6) is 0.0708. The molecular formula is C24H20ClN3O2S. The number of carbonyl (C=O) groups excluding carboxylic acids is 1. The van der Waals surface area contributed by atoms with E-state index in [0.29, 0.717) is 27.6 Å². The van der Waals surface area contributed by atoms with Gasteiger partial charge in [0.1, 0.15) is 0 Å². The first-order valence-corrected chi connectivity index (χ1v) is 11.1.